The van der Waals surface area contributed by atoms with Gasteiger partial charge < -0.3 is 10.6 Å². The second kappa shape index (κ2) is 5.41. The molecule has 3 rings (SSSR count). The van der Waals surface area contributed by atoms with Crippen LogP contribution in [0.5, 0.6) is 0 Å². The molecule has 0 spiro atoms. The van der Waals surface area contributed by atoms with E-state index >= 15 is 0 Å². The van der Waals surface area contributed by atoms with E-state index in [9.17, 15) is 0 Å². The molecule has 0 radical (unpaired) electrons. The van der Waals surface area contributed by atoms with Gasteiger partial charge in [-0.15, -0.1) is 0 Å². The molecule has 0 aliphatic carbocycles. The van der Waals surface area contributed by atoms with Gasteiger partial charge in [0.15, 0.2) is 0 Å². The Morgan fingerprint density at radius 2 is 1.74 bits per heavy atom. The van der Waals surface area contributed by atoms with Crippen LogP contribution in [0.3, 0.4) is 0 Å². The van der Waals surface area contributed by atoms with Gasteiger partial charge in [0.05, 0.1) is 5.69 Å². The van der Waals surface area contributed by atoms with Crippen molar-refractivity contribution in [3.05, 3.63) is 48.7 Å². The minimum absolute atomic E-state index is 0.360. The summed E-state index contributed by atoms with van der Waals surface area (Å²) in [5, 5.41) is 0. The smallest absolute Gasteiger partial charge is 0.0722 e. The maximum absolute atomic E-state index is 5.99. The van der Waals surface area contributed by atoms with E-state index in [-0.39, 0.29) is 0 Å². The fraction of sp³-hybridized carbons (Fsp3) is 0.312. The van der Waals surface area contributed by atoms with Crippen molar-refractivity contribution in [3.63, 3.8) is 0 Å². The van der Waals surface area contributed by atoms with Gasteiger partial charge in [-0.1, -0.05) is 24.3 Å². The number of hydrogen-bond donors (Lipinski definition) is 1. The molecule has 19 heavy (non-hydrogen) atoms. The van der Waals surface area contributed by atoms with Gasteiger partial charge in [0.2, 0.25) is 0 Å². The van der Waals surface area contributed by atoms with E-state index in [1.807, 2.05) is 18.3 Å². The van der Waals surface area contributed by atoms with E-state index in [4.69, 9.17) is 5.73 Å². The molecule has 0 unspecified atom stereocenters. The molecular formula is C16H19N3. The molecule has 0 saturated carbocycles. The number of rotatable bonds is 2. The van der Waals surface area contributed by atoms with Crippen molar-refractivity contribution >= 4 is 5.69 Å². The number of anilines is 1. The van der Waals surface area contributed by atoms with Gasteiger partial charge in [0.25, 0.3) is 0 Å². The summed E-state index contributed by atoms with van der Waals surface area (Å²) >= 11 is 0. The van der Waals surface area contributed by atoms with Gasteiger partial charge in [-0.2, -0.15) is 0 Å². The summed E-state index contributed by atoms with van der Waals surface area (Å²) in [5.74, 6) is 0. The van der Waals surface area contributed by atoms with Crippen LogP contribution in [0.4, 0.5) is 5.69 Å². The highest BCUT2D eigenvalue weighted by Gasteiger charge is 2.18. The predicted octanol–water partition coefficient (Wildman–Crippen LogP) is 2.68. The van der Waals surface area contributed by atoms with E-state index in [0.717, 1.165) is 31.6 Å². The number of aromatic nitrogens is 1. The number of nitrogens with two attached hydrogens (primary N) is 1. The first-order valence-corrected chi connectivity index (χ1v) is 6.85. The Bertz CT molecular complexity index is 531. The Morgan fingerprint density at radius 3 is 2.47 bits per heavy atom. The average Bonchev–Trinajstić information content (AvgIpc) is 2.49. The SMILES string of the molecule is NC1CCN(c2ccccc2-c2ccccn2)CC1. The maximum atomic E-state index is 5.99. The number of benzene rings is 1. The third-order valence-corrected chi connectivity index (χ3v) is 3.73. The zero-order valence-corrected chi connectivity index (χ0v) is 11.0. The van der Waals surface area contributed by atoms with Crippen molar-refractivity contribution in [2.45, 2.75) is 18.9 Å². The quantitative estimate of drug-likeness (QED) is 0.894. The van der Waals surface area contributed by atoms with Gasteiger partial charge in [0.1, 0.15) is 0 Å². The molecule has 0 amide bonds. The third-order valence-electron chi connectivity index (χ3n) is 3.73. The summed E-state index contributed by atoms with van der Waals surface area (Å²) in [6.07, 6.45) is 3.98. The normalized spacial score (nSPS) is 16.6. The molecule has 2 aromatic rings. The van der Waals surface area contributed by atoms with Crippen LogP contribution < -0.4 is 10.6 Å². The second-order valence-electron chi connectivity index (χ2n) is 5.06. The van der Waals surface area contributed by atoms with Crippen LogP contribution in [0.25, 0.3) is 11.3 Å². The monoisotopic (exact) mass is 253 g/mol. The van der Waals surface area contributed by atoms with Crippen LogP contribution in [-0.4, -0.2) is 24.1 Å². The number of nitrogens with zero attached hydrogens (tertiary/aromatic N) is 2. The molecule has 2 heterocycles. The minimum Gasteiger partial charge on any atom is -0.371 e. The standard InChI is InChI=1S/C16H19N3/c17-13-8-11-19(12-9-13)16-7-2-1-5-14(16)15-6-3-4-10-18-15/h1-7,10,13H,8-9,11-12,17H2. The van der Waals surface area contributed by atoms with Crippen molar-refractivity contribution in [3.8, 4) is 11.3 Å². The number of pyridine rings is 1. The first kappa shape index (κ1) is 12.2. The Morgan fingerprint density at radius 1 is 1.00 bits per heavy atom. The summed E-state index contributed by atoms with van der Waals surface area (Å²) in [6.45, 7) is 2.07. The van der Waals surface area contributed by atoms with E-state index in [1.165, 1.54) is 11.3 Å². The molecule has 1 aromatic carbocycles. The molecule has 1 aliphatic rings. The highest BCUT2D eigenvalue weighted by molar-refractivity contribution is 5.76. The van der Waals surface area contributed by atoms with Crippen LogP contribution in [0.2, 0.25) is 0 Å². The molecule has 3 nitrogen and oxygen atoms in total. The Kier molecular flexibility index (Phi) is 3.47. The van der Waals surface area contributed by atoms with Crippen molar-refractivity contribution in [2.24, 2.45) is 5.73 Å². The number of hydrogen-bond acceptors (Lipinski definition) is 3. The lowest BCUT2D eigenvalue weighted by atomic mass is 10.0. The highest BCUT2D eigenvalue weighted by atomic mass is 15.1. The van der Waals surface area contributed by atoms with E-state index in [2.05, 4.69) is 40.2 Å². The summed E-state index contributed by atoms with van der Waals surface area (Å²) in [4.78, 5) is 6.89. The molecule has 1 fully saturated rings. The molecular weight excluding hydrogens is 234 g/mol. The van der Waals surface area contributed by atoms with E-state index < -0.39 is 0 Å². The van der Waals surface area contributed by atoms with Gasteiger partial charge in [-0.05, 0) is 31.0 Å². The molecule has 0 bridgehead atoms. The van der Waals surface area contributed by atoms with Gasteiger partial charge in [-0.25, -0.2) is 0 Å². The Balaban J connectivity index is 1.94. The van der Waals surface area contributed by atoms with Crippen molar-refractivity contribution in [2.75, 3.05) is 18.0 Å². The Labute approximate surface area is 114 Å². The summed E-state index contributed by atoms with van der Waals surface area (Å²) in [7, 11) is 0. The highest BCUT2D eigenvalue weighted by Crippen LogP contribution is 2.30. The number of para-hydroxylation sites is 1. The van der Waals surface area contributed by atoms with Crippen LogP contribution in [0, 0.1) is 0 Å². The molecule has 98 valence electrons. The molecule has 1 saturated heterocycles. The zero-order chi connectivity index (χ0) is 13.1. The van der Waals surface area contributed by atoms with E-state index in [0.29, 0.717) is 6.04 Å². The molecule has 0 atom stereocenters. The van der Waals surface area contributed by atoms with Crippen molar-refractivity contribution in [1.82, 2.24) is 4.98 Å². The second-order valence-corrected chi connectivity index (χ2v) is 5.06. The van der Waals surface area contributed by atoms with Crippen LogP contribution in [-0.2, 0) is 0 Å². The Hall–Kier alpha value is -1.87. The van der Waals surface area contributed by atoms with Crippen molar-refractivity contribution in [1.29, 1.82) is 0 Å². The first-order valence-electron chi connectivity index (χ1n) is 6.85. The predicted molar refractivity (Wildman–Crippen MR) is 79.1 cm³/mol. The zero-order valence-electron chi connectivity index (χ0n) is 11.0. The first-order chi connectivity index (χ1) is 9.34. The number of piperidine rings is 1. The molecule has 2 N–H and O–H groups in total. The third kappa shape index (κ3) is 2.61. The van der Waals surface area contributed by atoms with Gasteiger partial charge in [0, 0.05) is 36.6 Å². The van der Waals surface area contributed by atoms with Crippen molar-refractivity contribution < 1.29 is 0 Å². The van der Waals surface area contributed by atoms with Crippen LogP contribution >= 0.6 is 0 Å². The molecule has 3 heteroatoms. The van der Waals surface area contributed by atoms with Crippen LogP contribution in [0.15, 0.2) is 48.7 Å². The van der Waals surface area contributed by atoms with Gasteiger partial charge >= 0.3 is 0 Å². The fourth-order valence-electron chi connectivity index (χ4n) is 2.63. The van der Waals surface area contributed by atoms with Gasteiger partial charge in [-0.3, -0.25) is 4.98 Å². The maximum Gasteiger partial charge on any atom is 0.0722 e. The summed E-state index contributed by atoms with van der Waals surface area (Å²) < 4.78 is 0. The largest absolute Gasteiger partial charge is 0.371 e. The average molecular weight is 253 g/mol. The lowest BCUT2D eigenvalue weighted by Gasteiger charge is -2.33. The lowest BCUT2D eigenvalue weighted by Crippen LogP contribution is -2.39. The van der Waals surface area contributed by atoms with Crippen LogP contribution in [0.1, 0.15) is 12.8 Å². The lowest BCUT2D eigenvalue weighted by molar-refractivity contribution is 0.501. The topological polar surface area (TPSA) is 42.1 Å². The van der Waals surface area contributed by atoms with E-state index in [1.54, 1.807) is 0 Å². The molecule has 1 aromatic heterocycles. The fourth-order valence-corrected chi connectivity index (χ4v) is 2.63. The summed E-state index contributed by atoms with van der Waals surface area (Å²) in [5.41, 5.74) is 9.50. The molecule has 1 aliphatic heterocycles. The summed E-state index contributed by atoms with van der Waals surface area (Å²) in [6, 6.07) is 14.9. The minimum atomic E-state index is 0.360.